The quantitative estimate of drug-likeness (QED) is 0.681. The number of ether oxygens (including phenoxy) is 1. The highest BCUT2D eigenvalue weighted by molar-refractivity contribution is 5.28. The van der Waals surface area contributed by atoms with Crippen LogP contribution in [0.1, 0.15) is 32.3 Å². The Morgan fingerprint density at radius 1 is 1.19 bits per heavy atom. The van der Waals surface area contributed by atoms with Crippen LogP contribution in [0.4, 0.5) is 0 Å². The average Bonchev–Trinajstić information content (AvgIpc) is 2.34. The molecule has 1 aromatic carbocycles. The Bertz CT molecular complexity index is 286. The van der Waals surface area contributed by atoms with E-state index in [4.69, 9.17) is 4.74 Å². The number of aryl methyl sites for hydroxylation is 1. The van der Waals surface area contributed by atoms with Crippen LogP contribution in [0.15, 0.2) is 24.3 Å². The van der Waals surface area contributed by atoms with Crippen molar-refractivity contribution >= 4 is 0 Å². The van der Waals surface area contributed by atoms with Crippen LogP contribution in [-0.4, -0.2) is 19.7 Å². The van der Waals surface area contributed by atoms with Crippen LogP contribution in [0.3, 0.4) is 0 Å². The summed E-state index contributed by atoms with van der Waals surface area (Å²) in [5, 5.41) is 3.31. The van der Waals surface area contributed by atoms with Crippen molar-refractivity contribution < 1.29 is 4.74 Å². The van der Waals surface area contributed by atoms with Crippen molar-refractivity contribution in [1.82, 2.24) is 5.32 Å². The molecule has 2 nitrogen and oxygen atoms in total. The molecule has 0 aliphatic carbocycles. The fourth-order valence-electron chi connectivity index (χ4n) is 1.57. The lowest BCUT2D eigenvalue weighted by Crippen LogP contribution is -2.14. The second kappa shape index (κ2) is 8.17. The van der Waals surface area contributed by atoms with Gasteiger partial charge in [-0.1, -0.05) is 26.0 Å². The third-order valence-electron chi connectivity index (χ3n) is 2.57. The zero-order valence-electron chi connectivity index (χ0n) is 10.5. The summed E-state index contributed by atoms with van der Waals surface area (Å²) >= 11 is 0. The van der Waals surface area contributed by atoms with Crippen molar-refractivity contribution in [2.45, 2.75) is 33.1 Å². The first-order valence-corrected chi connectivity index (χ1v) is 6.29. The topological polar surface area (TPSA) is 21.3 Å². The molecule has 0 saturated carbocycles. The number of unbranched alkanes of at least 4 members (excludes halogenated alkanes) is 1. The maximum atomic E-state index is 5.70. The summed E-state index contributed by atoms with van der Waals surface area (Å²) in [6.45, 7) is 7.26. The van der Waals surface area contributed by atoms with E-state index in [2.05, 4.69) is 37.4 Å². The molecule has 0 aliphatic rings. The third kappa shape index (κ3) is 5.17. The first-order chi connectivity index (χ1) is 7.86. The molecule has 2 heteroatoms. The Hall–Kier alpha value is -1.02. The first-order valence-electron chi connectivity index (χ1n) is 6.29. The van der Waals surface area contributed by atoms with E-state index in [-0.39, 0.29) is 0 Å². The van der Waals surface area contributed by atoms with Crippen molar-refractivity contribution in [2.24, 2.45) is 0 Å². The second-order valence-corrected chi connectivity index (χ2v) is 3.91. The van der Waals surface area contributed by atoms with Gasteiger partial charge in [0.1, 0.15) is 5.75 Å². The van der Waals surface area contributed by atoms with E-state index in [1.807, 2.05) is 6.07 Å². The molecule has 1 rings (SSSR count). The number of rotatable bonds is 8. The third-order valence-corrected chi connectivity index (χ3v) is 2.57. The van der Waals surface area contributed by atoms with E-state index < -0.39 is 0 Å². The van der Waals surface area contributed by atoms with Crippen LogP contribution >= 0.6 is 0 Å². The van der Waals surface area contributed by atoms with E-state index in [0.717, 1.165) is 38.3 Å². The van der Waals surface area contributed by atoms with Gasteiger partial charge >= 0.3 is 0 Å². The van der Waals surface area contributed by atoms with Crippen molar-refractivity contribution in [3.8, 4) is 5.75 Å². The lowest BCUT2D eigenvalue weighted by Gasteiger charge is -2.07. The SMILES string of the molecule is CCNCCCCOc1cccc(CC)c1. The number of nitrogens with one attached hydrogen (secondary N) is 1. The van der Waals surface area contributed by atoms with Crippen LogP contribution in [0.2, 0.25) is 0 Å². The first kappa shape index (κ1) is 13.0. The van der Waals surface area contributed by atoms with E-state index in [1.165, 1.54) is 12.0 Å². The average molecular weight is 221 g/mol. The van der Waals surface area contributed by atoms with Gasteiger partial charge in [0.15, 0.2) is 0 Å². The largest absolute Gasteiger partial charge is 0.494 e. The Morgan fingerprint density at radius 2 is 2.06 bits per heavy atom. The summed E-state index contributed by atoms with van der Waals surface area (Å²) in [4.78, 5) is 0. The highest BCUT2D eigenvalue weighted by Gasteiger charge is 1.95. The van der Waals surface area contributed by atoms with Gasteiger partial charge in [-0.05, 0) is 50.0 Å². The highest BCUT2D eigenvalue weighted by atomic mass is 16.5. The van der Waals surface area contributed by atoms with Crippen molar-refractivity contribution in [1.29, 1.82) is 0 Å². The van der Waals surface area contributed by atoms with Gasteiger partial charge in [-0.2, -0.15) is 0 Å². The molecular weight excluding hydrogens is 198 g/mol. The summed E-state index contributed by atoms with van der Waals surface area (Å²) < 4.78 is 5.70. The van der Waals surface area contributed by atoms with E-state index in [1.54, 1.807) is 0 Å². The monoisotopic (exact) mass is 221 g/mol. The molecule has 90 valence electrons. The molecule has 0 fully saturated rings. The predicted octanol–water partition coefficient (Wildman–Crippen LogP) is 3.02. The van der Waals surface area contributed by atoms with Gasteiger partial charge in [0.25, 0.3) is 0 Å². The summed E-state index contributed by atoms with van der Waals surface area (Å²) in [5.74, 6) is 1.00. The lowest BCUT2D eigenvalue weighted by molar-refractivity contribution is 0.306. The van der Waals surface area contributed by atoms with Gasteiger partial charge in [0.2, 0.25) is 0 Å². The molecule has 0 saturated heterocycles. The smallest absolute Gasteiger partial charge is 0.119 e. The molecule has 0 aliphatic heterocycles. The van der Waals surface area contributed by atoms with Gasteiger partial charge in [-0.15, -0.1) is 0 Å². The summed E-state index contributed by atoms with van der Waals surface area (Å²) in [6.07, 6.45) is 3.36. The summed E-state index contributed by atoms with van der Waals surface area (Å²) in [7, 11) is 0. The van der Waals surface area contributed by atoms with Gasteiger partial charge in [0.05, 0.1) is 6.61 Å². The zero-order valence-corrected chi connectivity index (χ0v) is 10.5. The lowest BCUT2D eigenvalue weighted by atomic mass is 10.2. The standard InChI is InChI=1S/C14H23NO/c1-3-13-8-7-9-14(12-13)16-11-6-5-10-15-4-2/h7-9,12,15H,3-6,10-11H2,1-2H3. The normalized spacial score (nSPS) is 10.4. The minimum Gasteiger partial charge on any atom is -0.494 e. The zero-order chi connectivity index (χ0) is 11.6. The molecule has 0 heterocycles. The van der Waals surface area contributed by atoms with Gasteiger partial charge < -0.3 is 10.1 Å². The van der Waals surface area contributed by atoms with E-state index in [9.17, 15) is 0 Å². The van der Waals surface area contributed by atoms with Crippen LogP contribution in [0, 0.1) is 0 Å². The number of hydrogen-bond donors (Lipinski definition) is 1. The Labute approximate surface area is 99.0 Å². The minimum atomic E-state index is 0.818. The van der Waals surface area contributed by atoms with Crippen molar-refractivity contribution in [3.05, 3.63) is 29.8 Å². The van der Waals surface area contributed by atoms with Crippen LogP contribution in [0.25, 0.3) is 0 Å². The molecule has 1 N–H and O–H groups in total. The molecule has 0 aromatic heterocycles. The van der Waals surface area contributed by atoms with Crippen LogP contribution in [0.5, 0.6) is 5.75 Å². The maximum absolute atomic E-state index is 5.70. The van der Waals surface area contributed by atoms with Crippen molar-refractivity contribution in [2.75, 3.05) is 19.7 Å². The molecule has 0 amide bonds. The molecule has 0 radical (unpaired) electrons. The minimum absolute atomic E-state index is 0.818. The molecule has 16 heavy (non-hydrogen) atoms. The Kier molecular flexibility index (Phi) is 6.66. The summed E-state index contributed by atoms with van der Waals surface area (Å²) in [5.41, 5.74) is 1.34. The molecule has 0 spiro atoms. The Morgan fingerprint density at radius 3 is 2.81 bits per heavy atom. The van der Waals surface area contributed by atoms with E-state index in [0.29, 0.717) is 0 Å². The molecular formula is C14H23NO. The molecule has 0 unspecified atom stereocenters. The fourth-order valence-corrected chi connectivity index (χ4v) is 1.57. The van der Waals surface area contributed by atoms with Gasteiger partial charge in [-0.25, -0.2) is 0 Å². The molecule has 0 atom stereocenters. The summed E-state index contributed by atoms with van der Waals surface area (Å²) in [6, 6.07) is 8.36. The predicted molar refractivity (Wildman–Crippen MR) is 69.1 cm³/mol. The fraction of sp³-hybridized carbons (Fsp3) is 0.571. The number of hydrogen-bond acceptors (Lipinski definition) is 2. The second-order valence-electron chi connectivity index (χ2n) is 3.91. The number of benzene rings is 1. The Balaban J connectivity index is 2.16. The maximum Gasteiger partial charge on any atom is 0.119 e. The van der Waals surface area contributed by atoms with Crippen molar-refractivity contribution in [3.63, 3.8) is 0 Å². The van der Waals surface area contributed by atoms with Gasteiger partial charge in [0, 0.05) is 0 Å². The van der Waals surface area contributed by atoms with E-state index >= 15 is 0 Å². The van der Waals surface area contributed by atoms with Gasteiger partial charge in [-0.3, -0.25) is 0 Å². The highest BCUT2D eigenvalue weighted by Crippen LogP contribution is 2.13. The molecule has 1 aromatic rings. The van der Waals surface area contributed by atoms with Crippen LogP contribution in [-0.2, 0) is 6.42 Å². The molecule has 0 bridgehead atoms. The van der Waals surface area contributed by atoms with Crippen LogP contribution < -0.4 is 10.1 Å².